The number of carbonyl (C=O) groups excluding carboxylic acids is 2. The van der Waals surface area contributed by atoms with Gasteiger partial charge in [-0.3, -0.25) is 9.59 Å². The van der Waals surface area contributed by atoms with Crippen LogP contribution in [0.5, 0.6) is 0 Å². The SMILES string of the molecule is COC(=O)CC(B1OC(C)(C)C(C)(C)O1)c1cc(Br)cc(C=O)c1. The van der Waals surface area contributed by atoms with Crippen molar-refractivity contribution in [2.45, 2.75) is 51.1 Å². The normalized spacial score (nSPS) is 19.8. The molecule has 1 saturated heterocycles. The summed E-state index contributed by atoms with van der Waals surface area (Å²) in [4.78, 5) is 23.1. The van der Waals surface area contributed by atoms with Gasteiger partial charge in [-0.15, -0.1) is 0 Å². The van der Waals surface area contributed by atoms with Crippen molar-refractivity contribution >= 4 is 35.3 Å². The number of carbonyl (C=O) groups is 2. The van der Waals surface area contributed by atoms with E-state index in [1.807, 2.05) is 33.8 Å². The molecule has 24 heavy (non-hydrogen) atoms. The van der Waals surface area contributed by atoms with Gasteiger partial charge in [0, 0.05) is 15.9 Å². The number of hydrogen-bond acceptors (Lipinski definition) is 5. The smallest absolute Gasteiger partial charge is 0.466 e. The van der Waals surface area contributed by atoms with Crippen molar-refractivity contribution in [1.29, 1.82) is 0 Å². The second-order valence-corrected chi connectivity index (χ2v) is 7.86. The van der Waals surface area contributed by atoms with Crippen LogP contribution < -0.4 is 0 Å². The summed E-state index contributed by atoms with van der Waals surface area (Å²) in [5.41, 5.74) is 0.290. The minimum Gasteiger partial charge on any atom is -0.469 e. The Labute approximate surface area is 151 Å². The summed E-state index contributed by atoms with van der Waals surface area (Å²) in [7, 11) is 0.740. The first-order valence-corrected chi connectivity index (χ1v) is 8.57. The summed E-state index contributed by atoms with van der Waals surface area (Å²) >= 11 is 3.40. The fourth-order valence-corrected chi connectivity index (χ4v) is 3.13. The summed E-state index contributed by atoms with van der Waals surface area (Å²) in [6, 6.07) is 5.33. The highest BCUT2D eigenvalue weighted by atomic mass is 79.9. The van der Waals surface area contributed by atoms with Crippen molar-refractivity contribution in [2.24, 2.45) is 0 Å². The van der Waals surface area contributed by atoms with Crippen LogP contribution in [-0.2, 0) is 18.8 Å². The maximum atomic E-state index is 11.9. The molecule has 0 spiro atoms. The van der Waals surface area contributed by atoms with Crippen molar-refractivity contribution in [3.05, 3.63) is 33.8 Å². The first kappa shape index (κ1) is 19.2. The second-order valence-electron chi connectivity index (χ2n) is 6.95. The molecular formula is C17H22BBrO5. The Hall–Kier alpha value is -1.18. The van der Waals surface area contributed by atoms with Gasteiger partial charge in [0.05, 0.1) is 24.7 Å². The molecule has 0 radical (unpaired) electrons. The van der Waals surface area contributed by atoms with Gasteiger partial charge in [-0.2, -0.15) is 0 Å². The number of benzene rings is 1. The number of hydrogen-bond donors (Lipinski definition) is 0. The Balaban J connectivity index is 2.41. The lowest BCUT2D eigenvalue weighted by molar-refractivity contribution is -0.140. The largest absolute Gasteiger partial charge is 0.469 e. The van der Waals surface area contributed by atoms with Gasteiger partial charge in [0.2, 0.25) is 0 Å². The summed E-state index contributed by atoms with van der Waals surface area (Å²) in [5, 5.41) is 0. The lowest BCUT2D eigenvalue weighted by Gasteiger charge is -2.32. The van der Waals surface area contributed by atoms with E-state index in [-0.39, 0.29) is 18.2 Å². The van der Waals surface area contributed by atoms with E-state index >= 15 is 0 Å². The zero-order valence-electron chi connectivity index (χ0n) is 14.6. The predicted molar refractivity (Wildman–Crippen MR) is 95.0 cm³/mol. The number of methoxy groups -OCH3 is 1. The Bertz CT molecular complexity index is 628. The molecule has 1 atom stereocenters. The molecule has 1 heterocycles. The zero-order chi connectivity index (χ0) is 18.1. The number of halogens is 1. The van der Waals surface area contributed by atoms with Gasteiger partial charge in [-0.05, 0) is 51.5 Å². The summed E-state index contributed by atoms with van der Waals surface area (Å²) in [6.45, 7) is 7.83. The van der Waals surface area contributed by atoms with E-state index in [1.54, 1.807) is 12.1 Å². The van der Waals surface area contributed by atoms with Gasteiger partial charge < -0.3 is 14.0 Å². The molecule has 1 unspecified atom stereocenters. The predicted octanol–water partition coefficient (Wildman–Crippen LogP) is 3.54. The highest BCUT2D eigenvalue weighted by Crippen LogP contribution is 2.42. The van der Waals surface area contributed by atoms with E-state index in [9.17, 15) is 9.59 Å². The van der Waals surface area contributed by atoms with Gasteiger partial charge in [-0.1, -0.05) is 15.9 Å². The number of ether oxygens (including phenoxy) is 1. The van der Waals surface area contributed by atoms with E-state index in [2.05, 4.69) is 15.9 Å². The Morgan fingerprint density at radius 1 is 1.25 bits per heavy atom. The molecule has 2 rings (SSSR count). The topological polar surface area (TPSA) is 61.8 Å². The van der Waals surface area contributed by atoms with Crippen molar-refractivity contribution in [3.8, 4) is 0 Å². The molecule has 0 aromatic heterocycles. The van der Waals surface area contributed by atoms with E-state index in [4.69, 9.17) is 14.0 Å². The second kappa shape index (κ2) is 6.98. The van der Waals surface area contributed by atoms with Crippen LogP contribution in [0.1, 0.15) is 55.9 Å². The number of esters is 1. The average molecular weight is 397 g/mol. The number of aldehydes is 1. The molecule has 7 heteroatoms. The fraction of sp³-hybridized carbons (Fsp3) is 0.529. The average Bonchev–Trinajstić information content (AvgIpc) is 2.71. The van der Waals surface area contributed by atoms with Crippen molar-refractivity contribution in [2.75, 3.05) is 7.11 Å². The molecule has 0 bridgehead atoms. The molecule has 5 nitrogen and oxygen atoms in total. The van der Waals surface area contributed by atoms with Gasteiger partial charge in [-0.25, -0.2) is 0 Å². The van der Waals surface area contributed by atoms with E-state index in [0.717, 1.165) is 16.3 Å². The van der Waals surface area contributed by atoms with Gasteiger partial charge in [0.25, 0.3) is 0 Å². The quantitative estimate of drug-likeness (QED) is 0.432. The minimum absolute atomic E-state index is 0.0993. The third kappa shape index (κ3) is 3.90. The number of rotatable bonds is 5. The molecule has 0 N–H and O–H groups in total. The summed E-state index contributed by atoms with van der Waals surface area (Å²) in [6.07, 6.45) is 0.871. The molecular weight excluding hydrogens is 375 g/mol. The monoisotopic (exact) mass is 396 g/mol. The minimum atomic E-state index is -0.608. The van der Waals surface area contributed by atoms with Gasteiger partial charge >= 0.3 is 13.1 Å². The highest BCUT2D eigenvalue weighted by molar-refractivity contribution is 9.10. The van der Waals surface area contributed by atoms with Gasteiger partial charge in [0.15, 0.2) is 0 Å². The molecule has 0 saturated carbocycles. The van der Waals surface area contributed by atoms with Gasteiger partial charge in [0.1, 0.15) is 6.29 Å². The van der Waals surface area contributed by atoms with Crippen LogP contribution in [0.2, 0.25) is 0 Å². The van der Waals surface area contributed by atoms with Crippen LogP contribution >= 0.6 is 15.9 Å². The summed E-state index contributed by atoms with van der Waals surface area (Å²) < 4.78 is 17.8. The molecule has 1 aliphatic rings. The van der Waals surface area contributed by atoms with Crippen molar-refractivity contribution in [1.82, 2.24) is 0 Å². The van der Waals surface area contributed by atoms with Crippen molar-refractivity contribution in [3.63, 3.8) is 0 Å². The first-order valence-electron chi connectivity index (χ1n) is 7.78. The lowest BCUT2D eigenvalue weighted by Crippen LogP contribution is -2.41. The first-order chi connectivity index (χ1) is 11.1. The third-order valence-electron chi connectivity index (χ3n) is 4.72. The maximum absolute atomic E-state index is 11.9. The van der Waals surface area contributed by atoms with Crippen LogP contribution in [0.4, 0.5) is 0 Å². The molecule has 0 amide bonds. The van der Waals surface area contributed by atoms with Crippen molar-refractivity contribution < 1.29 is 23.6 Å². The summed E-state index contributed by atoms with van der Waals surface area (Å²) in [5.74, 6) is -0.739. The highest BCUT2D eigenvalue weighted by Gasteiger charge is 2.54. The van der Waals surface area contributed by atoms with Crippen LogP contribution in [0, 0.1) is 0 Å². The molecule has 0 aliphatic carbocycles. The van der Waals surface area contributed by atoms with Crippen LogP contribution in [-0.4, -0.2) is 37.7 Å². The van der Waals surface area contributed by atoms with E-state index in [1.165, 1.54) is 7.11 Å². The zero-order valence-corrected chi connectivity index (χ0v) is 16.2. The maximum Gasteiger partial charge on any atom is 0.466 e. The molecule has 1 aromatic rings. The molecule has 1 aliphatic heterocycles. The van der Waals surface area contributed by atoms with E-state index in [0.29, 0.717) is 5.56 Å². The Morgan fingerprint density at radius 2 is 1.83 bits per heavy atom. The van der Waals surface area contributed by atoms with Crippen LogP contribution in [0.15, 0.2) is 22.7 Å². The third-order valence-corrected chi connectivity index (χ3v) is 5.18. The van der Waals surface area contributed by atoms with Crippen LogP contribution in [0.25, 0.3) is 0 Å². The Morgan fingerprint density at radius 3 is 2.33 bits per heavy atom. The molecule has 1 fully saturated rings. The standard InChI is InChI=1S/C17H22BBrO5/c1-16(2)17(3,4)24-18(23-16)14(9-15(21)22-5)12-6-11(10-20)7-13(19)8-12/h6-8,10,14H,9H2,1-5H3. The Kier molecular flexibility index (Phi) is 5.57. The van der Waals surface area contributed by atoms with Crippen LogP contribution in [0.3, 0.4) is 0 Å². The molecule has 1 aromatic carbocycles. The van der Waals surface area contributed by atoms with E-state index < -0.39 is 18.3 Å². The molecule has 130 valence electrons. The lowest BCUT2D eigenvalue weighted by atomic mass is 9.66. The fourth-order valence-electron chi connectivity index (χ4n) is 2.61.